The zero-order chi connectivity index (χ0) is 22.6. The molecule has 5 rings (SSSR count). The number of carbonyl (C=O) groups is 1. The average molecular weight is 473 g/mol. The summed E-state index contributed by atoms with van der Waals surface area (Å²) in [5.74, 6) is 0.522. The number of rotatable bonds is 6. The molecule has 0 aliphatic carbocycles. The topological polar surface area (TPSA) is 67.3 Å². The van der Waals surface area contributed by atoms with Gasteiger partial charge in [-0.3, -0.25) is 10.1 Å². The Morgan fingerprint density at radius 1 is 0.970 bits per heavy atom. The minimum Gasteiger partial charge on any atom is -0.497 e. The van der Waals surface area contributed by atoms with Crippen LogP contribution in [0.4, 0.5) is 16.5 Å². The lowest BCUT2D eigenvalue weighted by Crippen LogP contribution is -2.20. The van der Waals surface area contributed by atoms with Gasteiger partial charge in [-0.25, -0.2) is 0 Å². The van der Waals surface area contributed by atoms with Crippen molar-refractivity contribution in [3.8, 4) is 5.75 Å². The molecule has 0 atom stereocenters. The summed E-state index contributed by atoms with van der Waals surface area (Å²) in [6.45, 7) is 0.573. The van der Waals surface area contributed by atoms with Crippen molar-refractivity contribution in [1.29, 1.82) is 0 Å². The molecule has 1 amide bonds. The third-order valence-corrected chi connectivity index (χ3v) is 7.02. The van der Waals surface area contributed by atoms with Crippen molar-refractivity contribution < 1.29 is 9.53 Å². The summed E-state index contributed by atoms with van der Waals surface area (Å²) in [4.78, 5) is 17.0. The van der Waals surface area contributed by atoms with Gasteiger partial charge in [-0.05, 0) is 48.0 Å². The van der Waals surface area contributed by atoms with Crippen LogP contribution in [-0.2, 0) is 11.3 Å². The number of aromatic nitrogens is 2. The van der Waals surface area contributed by atoms with E-state index in [2.05, 4.69) is 56.8 Å². The number of ether oxygens (including phenoxy) is 1. The van der Waals surface area contributed by atoms with E-state index in [-0.39, 0.29) is 5.91 Å². The van der Waals surface area contributed by atoms with Crippen LogP contribution in [0, 0.1) is 0 Å². The summed E-state index contributed by atoms with van der Waals surface area (Å²) in [6.07, 6.45) is 3.23. The SMILES string of the molecule is COc1ccc(/C=C/C(=O)Nc2nnc(CN3c4ccccc4Sc4ccccc43)s2)cc1. The van der Waals surface area contributed by atoms with Crippen LogP contribution in [0.1, 0.15) is 10.6 Å². The number of fused-ring (bicyclic) bond motifs is 2. The van der Waals surface area contributed by atoms with E-state index in [9.17, 15) is 4.79 Å². The maximum atomic E-state index is 12.3. The molecule has 0 fully saturated rings. The molecule has 1 N–H and O–H groups in total. The number of amides is 1. The van der Waals surface area contributed by atoms with Gasteiger partial charge in [0.05, 0.1) is 25.0 Å². The number of anilines is 3. The molecular formula is C25H20N4O2S2. The molecule has 0 spiro atoms. The minimum absolute atomic E-state index is 0.251. The van der Waals surface area contributed by atoms with Crippen molar-refractivity contribution in [3.63, 3.8) is 0 Å². The van der Waals surface area contributed by atoms with Crippen LogP contribution in [0.5, 0.6) is 5.75 Å². The molecule has 1 aliphatic heterocycles. The monoisotopic (exact) mass is 472 g/mol. The fourth-order valence-corrected chi connectivity index (χ4v) is 5.32. The third kappa shape index (κ3) is 4.76. The molecule has 0 unspecified atom stereocenters. The summed E-state index contributed by atoms with van der Waals surface area (Å²) in [6, 6.07) is 24.2. The van der Waals surface area contributed by atoms with Crippen molar-refractivity contribution in [1.82, 2.24) is 10.2 Å². The van der Waals surface area contributed by atoms with E-state index >= 15 is 0 Å². The van der Waals surface area contributed by atoms with Crippen LogP contribution in [0.25, 0.3) is 6.08 Å². The standard InChI is InChI=1S/C25H20N4O2S2/c1-31-18-13-10-17(11-14-18)12-15-23(30)26-25-28-27-24(33-25)16-29-19-6-2-4-8-21(19)32-22-9-5-3-7-20(22)29/h2-15H,16H2,1H3,(H,26,28,30)/b15-12+. The van der Waals surface area contributed by atoms with Gasteiger partial charge in [-0.15, -0.1) is 10.2 Å². The van der Waals surface area contributed by atoms with Crippen molar-refractivity contribution in [3.05, 3.63) is 89.4 Å². The molecule has 2 heterocycles. The Hall–Kier alpha value is -3.62. The second-order valence-corrected chi connectivity index (χ2v) is 9.37. The van der Waals surface area contributed by atoms with Gasteiger partial charge < -0.3 is 9.64 Å². The normalized spacial score (nSPS) is 12.3. The Labute approximate surface area is 199 Å². The third-order valence-electron chi connectivity index (χ3n) is 5.07. The quantitative estimate of drug-likeness (QED) is 0.347. The van der Waals surface area contributed by atoms with E-state index in [0.29, 0.717) is 11.7 Å². The highest BCUT2D eigenvalue weighted by Crippen LogP contribution is 2.48. The molecule has 1 aromatic heterocycles. The van der Waals surface area contributed by atoms with Crippen molar-refractivity contribution in [2.75, 3.05) is 17.3 Å². The van der Waals surface area contributed by atoms with E-state index < -0.39 is 0 Å². The molecule has 4 aromatic rings. The highest BCUT2D eigenvalue weighted by Gasteiger charge is 2.24. The van der Waals surface area contributed by atoms with Crippen LogP contribution < -0.4 is 15.0 Å². The summed E-state index contributed by atoms with van der Waals surface area (Å²) in [5, 5.41) is 12.6. The zero-order valence-corrected chi connectivity index (χ0v) is 19.4. The van der Waals surface area contributed by atoms with Gasteiger partial charge in [0.15, 0.2) is 0 Å². The molecule has 0 bridgehead atoms. The van der Waals surface area contributed by atoms with E-state index in [1.54, 1.807) is 24.9 Å². The zero-order valence-electron chi connectivity index (χ0n) is 17.8. The molecule has 3 aromatic carbocycles. The molecule has 33 heavy (non-hydrogen) atoms. The fraction of sp³-hybridized carbons (Fsp3) is 0.0800. The average Bonchev–Trinajstić information content (AvgIpc) is 3.29. The molecule has 6 nitrogen and oxygen atoms in total. The van der Waals surface area contributed by atoms with Crippen LogP contribution in [-0.4, -0.2) is 23.2 Å². The van der Waals surface area contributed by atoms with Crippen molar-refractivity contribution in [2.24, 2.45) is 0 Å². The molecule has 1 aliphatic rings. The smallest absolute Gasteiger partial charge is 0.250 e. The lowest BCUT2D eigenvalue weighted by atomic mass is 10.2. The van der Waals surface area contributed by atoms with Gasteiger partial charge in [0.2, 0.25) is 11.0 Å². The van der Waals surface area contributed by atoms with E-state index in [1.165, 1.54) is 27.2 Å². The summed E-state index contributed by atoms with van der Waals surface area (Å²) in [5.41, 5.74) is 3.19. The van der Waals surface area contributed by atoms with Crippen LogP contribution in [0.3, 0.4) is 0 Å². The number of nitrogens with one attached hydrogen (secondary N) is 1. The Bertz CT molecular complexity index is 1270. The second kappa shape index (κ2) is 9.48. The lowest BCUT2D eigenvalue weighted by molar-refractivity contribution is -0.111. The molecule has 8 heteroatoms. The first-order valence-electron chi connectivity index (χ1n) is 10.3. The van der Waals surface area contributed by atoms with Gasteiger partial charge in [-0.2, -0.15) is 0 Å². The molecule has 0 saturated carbocycles. The summed E-state index contributed by atoms with van der Waals surface area (Å²) >= 11 is 3.15. The predicted octanol–water partition coefficient (Wildman–Crippen LogP) is 6.00. The van der Waals surface area contributed by atoms with Crippen LogP contribution in [0.15, 0.2) is 88.7 Å². The number of para-hydroxylation sites is 2. The van der Waals surface area contributed by atoms with Gasteiger partial charge in [0.25, 0.3) is 0 Å². The first-order chi connectivity index (χ1) is 16.2. The Kier molecular flexibility index (Phi) is 6.10. The van der Waals surface area contributed by atoms with E-state index in [0.717, 1.165) is 27.7 Å². The first kappa shape index (κ1) is 21.2. The number of benzene rings is 3. The Morgan fingerprint density at radius 3 is 2.30 bits per heavy atom. The van der Waals surface area contributed by atoms with Crippen molar-refractivity contribution >= 4 is 51.6 Å². The second-order valence-electron chi connectivity index (χ2n) is 7.22. The highest BCUT2D eigenvalue weighted by atomic mass is 32.2. The number of hydrogen-bond acceptors (Lipinski definition) is 7. The Morgan fingerprint density at radius 2 is 1.64 bits per heavy atom. The number of methoxy groups -OCH3 is 1. The number of nitrogens with zero attached hydrogens (tertiary/aromatic N) is 3. The van der Waals surface area contributed by atoms with Gasteiger partial charge >= 0.3 is 0 Å². The lowest BCUT2D eigenvalue weighted by Gasteiger charge is -2.31. The summed E-state index contributed by atoms with van der Waals surface area (Å²) < 4.78 is 5.15. The van der Waals surface area contributed by atoms with Gasteiger partial charge in [0.1, 0.15) is 10.8 Å². The summed E-state index contributed by atoms with van der Waals surface area (Å²) in [7, 11) is 1.62. The predicted molar refractivity (Wildman–Crippen MR) is 133 cm³/mol. The maximum absolute atomic E-state index is 12.3. The van der Waals surface area contributed by atoms with Crippen LogP contribution in [0.2, 0.25) is 0 Å². The first-order valence-corrected chi connectivity index (χ1v) is 11.9. The number of carbonyl (C=O) groups excluding carboxylic acids is 1. The number of hydrogen-bond donors (Lipinski definition) is 1. The van der Waals surface area contributed by atoms with Crippen molar-refractivity contribution in [2.45, 2.75) is 16.3 Å². The van der Waals surface area contributed by atoms with Gasteiger partial charge in [0, 0.05) is 15.9 Å². The van der Waals surface area contributed by atoms with E-state index in [4.69, 9.17) is 4.74 Å². The Balaban J connectivity index is 1.29. The van der Waals surface area contributed by atoms with Gasteiger partial charge in [-0.1, -0.05) is 59.5 Å². The van der Waals surface area contributed by atoms with Crippen LogP contribution >= 0.6 is 23.1 Å². The highest BCUT2D eigenvalue weighted by molar-refractivity contribution is 7.99. The molecule has 164 valence electrons. The van der Waals surface area contributed by atoms with E-state index in [1.807, 2.05) is 36.4 Å². The maximum Gasteiger partial charge on any atom is 0.250 e. The largest absolute Gasteiger partial charge is 0.497 e. The molecular weight excluding hydrogens is 452 g/mol. The fourth-order valence-electron chi connectivity index (χ4n) is 3.49. The molecule has 0 saturated heterocycles. The minimum atomic E-state index is -0.251. The molecule has 0 radical (unpaired) electrons.